The summed E-state index contributed by atoms with van der Waals surface area (Å²) in [6.07, 6.45) is 0.483. The number of hydrogen-bond acceptors (Lipinski definition) is 3. The molecule has 100 valence electrons. The van der Waals surface area contributed by atoms with Gasteiger partial charge in [0, 0.05) is 6.42 Å². The van der Waals surface area contributed by atoms with Gasteiger partial charge in [-0.25, -0.2) is 4.98 Å². The van der Waals surface area contributed by atoms with Gasteiger partial charge in [-0.2, -0.15) is 0 Å². The summed E-state index contributed by atoms with van der Waals surface area (Å²) in [6, 6.07) is 15.2. The maximum atomic E-state index is 12.0. The van der Waals surface area contributed by atoms with Gasteiger partial charge in [0.1, 0.15) is 11.4 Å². The van der Waals surface area contributed by atoms with Gasteiger partial charge in [-0.15, -0.1) is 0 Å². The van der Waals surface area contributed by atoms with Gasteiger partial charge >= 0.3 is 0 Å². The SMILES string of the molecule is COc1cccc(Cc2nc3ccccc3[nH]c2=O)c1. The van der Waals surface area contributed by atoms with Crippen molar-refractivity contribution in [3.63, 3.8) is 0 Å². The number of nitrogens with zero attached hydrogens (tertiary/aromatic N) is 1. The van der Waals surface area contributed by atoms with Crippen molar-refractivity contribution in [2.45, 2.75) is 6.42 Å². The molecule has 4 nitrogen and oxygen atoms in total. The standard InChI is InChI=1S/C16H14N2O2/c1-20-12-6-4-5-11(9-12)10-15-16(19)18-14-8-3-2-7-13(14)17-15/h2-9H,10H2,1H3,(H,18,19). The van der Waals surface area contributed by atoms with Crippen LogP contribution >= 0.6 is 0 Å². The molecular weight excluding hydrogens is 252 g/mol. The van der Waals surface area contributed by atoms with Gasteiger partial charge in [-0.05, 0) is 29.8 Å². The van der Waals surface area contributed by atoms with Gasteiger partial charge in [0.2, 0.25) is 0 Å². The van der Waals surface area contributed by atoms with Crippen molar-refractivity contribution in [2.75, 3.05) is 7.11 Å². The number of nitrogens with one attached hydrogen (secondary N) is 1. The number of benzene rings is 2. The average Bonchev–Trinajstić information content (AvgIpc) is 2.48. The minimum Gasteiger partial charge on any atom is -0.497 e. The highest BCUT2D eigenvalue weighted by Crippen LogP contribution is 2.15. The highest BCUT2D eigenvalue weighted by Gasteiger charge is 2.06. The lowest BCUT2D eigenvalue weighted by Gasteiger charge is -2.05. The van der Waals surface area contributed by atoms with E-state index in [1.54, 1.807) is 7.11 Å². The Hall–Kier alpha value is -2.62. The minimum atomic E-state index is -0.147. The van der Waals surface area contributed by atoms with Crippen molar-refractivity contribution >= 4 is 11.0 Å². The molecule has 0 radical (unpaired) electrons. The molecule has 1 heterocycles. The van der Waals surface area contributed by atoms with Gasteiger partial charge in [0.15, 0.2) is 0 Å². The van der Waals surface area contributed by atoms with Crippen LogP contribution in [0.1, 0.15) is 11.3 Å². The van der Waals surface area contributed by atoms with Crippen molar-refractivity contribution in [3.05, 3.63) is 70.1 Å². The van der Waals surface area contributed by atoms with E-state index >= 15 is 0 Å². The summed E-state index contributed by atoms with van der Waals surface area (Å²) in [5, 5.41) is 0. The molecule has 1 N–H and O–H groups in total. The van der Waals surface area contributed by atoms with Crippen molar-refractivity contribution in [3.8, 4) is 5.75 Å². The summed E-state index contributed by atoms with van der Waals surface area (Å²) in [4.78, 5) is 19.3. The highest BCUT2D eigenvalue weighted by atomic mass is 16.5. The molecule has 0 atom stereocenters. The zero-order valence-electron chi connectivity index (χ0n) is 11.1. The fraction of sp³-hybridized carbons (Fsp3) is 0.125. The second-order valence-electron chi connectivity index (χ2n) is 4.56. The van der Waals surface area contributed by atoms with Crippen molar-refractivity contribution < 1.29 is 4.74 Å². The zero-order valence-corrected chi connectivity index (χ0v) is 11.1. The van der Waals surface area contributed by atoms with Crippen LogP contribution < -0.4 is 10.3 Å². The van der Waals surface area contributed by atoms with Crippen LogP contribution in [0, 0.1) is 0 Å². The van der Waals surface area contributed by atoms with E-state index in [9.17, 15) is 4.79 Å². The van der Waals surface area contributed by atoms with Crippen LogP contribution in [0.4, 0.5) is 0 Å². The van der Waals surface area contributed by atoms with Gasteiger partial charge in [0.05, 0.1) is 18.1 Å². The molecule has 4 heteroatoms. The molecule has 2 aromatic carbocycles. The predicted octanol–water partition coefficient (Wildman–Crippen LogP) is 2.52. The summed E-state index contributed by atoms with van der Waals surface area (Å²) in [5.74, 6) is 0.778. The molecule has 0 bridgehead atoms. The maximum absolute atomic E-state index is 12.0. The van der Waals surface area contributed by atoms with Crippen LogP contribution in [-0.2, 0) is 6.42 Å². The molecule has 0 aliphatic rings. The molecule has 0 saturated carbocycles. The van der Waals surface area contributed by atoms with E-state index in [1.807, 2.05) is 48.5 Å². The topological polar surface area (TPSA) is 55.0 Å². The summed E-state index contributed by atoms with van der Waals surface area (Å²) < 4.78 is 5.19. The number of aromatic amines is 1. The molecule has 3 aromatic rings. The predicted molar refractivity (Wildman–Crippen MR) is 78.2 cm³/mol. The van der Waals surface area contributed by atoms with E-state index in [4.69, 9.17) is 4.74 Å². The molecule has 0 spiro atoms. The van der Waals surface area contributed by atoms with Crippen molar-refractivity contribution in [1.29, 1.82) is 0 Å². The van der Waals surface area contributed by atoms with Gasteiger partial charge in [0.25, 0.3) is 5.56 Å². The van der Waals surface area contributed by atoms with E-state index in [0.717, 1.165) is 22.3 Å². The van der Waals surface area contributed by atoms with E-state index in [2.05, 4.69) is 9.97 Å². The summed E-state index contributed by atoms with van der Waals surface area (Å²) in [5.41, 5.74) is 2.91. The lowest BCUT2D eigenvalue weighted by Crippen LogP contribution is -2.15. The number of hydrogen-bond donors (Lipinski definition) is 1. The maximum Gasteiger partial charge on any atom is 0.270 e. The molecule has 20 heavy (non-hydrogen) atoms. The first kappa shape index (κ1) is 12.4. The molecule has 1 aromatic heterocycles. The van der Waals surface area contributed by atoms with Crippen molar-refractivity contribution in [2.24, 2.45) is 0 Å². The first-order valence-electron chi connectivity index (χ1n) is 6.37. The molecule has 0 aliphatic heterocycles. The Labute approximate surface area is 116 Å². The smallest absolute Gasteiger partial charge is 0.270 e. The second kappa shape index (κ2) is 5.17. The third-order valence-corrected chi connectivity index (χ3v) is 3.18. The highest BCUT2D eigenvalue weighted by molar-refractivity contribution is 5.73. The largest absolute Gasteiger partial charge is 0.497 e. The first-order valence-corrected chi connectivity index (χ1v) is 6.37. The number of para-hydroxylation sites is 2. The minimum absolute atomic E-state index is 0.147. The lowest BCUT2D eigenvalue weighted by atomic mass is 10.1. The van der Waals surface area contributed by atoms with Crippen LogP contribution in [0.25, 0.3) is 11.0 Å². The Balaban J connectivity index is 2.01. The Kier molecular flexibility index (Phi) is 3.21. The van der Waals surface area contributed by atoms with Gasteiger partial charge in [-0.1, -0.05) is 24.3 Å². The van der Waals surface area contributed by atoms with Crippen LogP contribution in [0.5, 0.6) is 5.75 Å². The Morgan fingerprint density at radius 2 is 2.00 bits per heavy atom. The summed E-state index contributed by atoms with van der Waals surface area (Å²) in [7, 11) is 1.63. The summed E-state index contributed by atoms with van der Waals surface area (Å²) >= 11 is 0. The second-order valence-corrected chi connectivity index (χ2v) is 4.56. The van der Waals surface area contributed by atoms with Crippen LogP contribution in [0.3, 0.4) is 0 Å². The Bertz CT molecular complexity index is 809. The van der Waals surface area contributed by atoms with E-state index in [1.165, 1.54) is 0 Å². The van der Waals surface area contributed by atoms with Crippen LogP contribution in [-0.4, -0.2) is 17.1 Å². The first-order chi connectivity index (χ1) is 9.76. The van der Waals surface area contributed by atoms with Gasteiger partial charge in [-0.3, -0.25) is 4.79 Å². The number of methoxy groups -OCH3 is 1. The molecule has 0 saturated heterocycles. The van der Waals surface area contributed by atoms with E-state index < -0.39 is 0 Å². The van der Waals surface area contributed by atoms with E-state index in [-0.39, 0.29) is 5.56 Å². The number of fused-ring (bicyclic) bond motifs is 1. The van der Waals surface area contributed by atoms with Crippen molar-refractivity contribution in [1.82, 2.24) is 9.97 Å². The lowest BCUT2D eigenvalue weighted by molar-refractivity contribution is 0.414. The number of H-pyrrole nitrogens is 1. The molecule has 0 fully saturated rings. The third kappa shape index (κ3) is 2.40. The van der Waals surface area contributed by atoms with Gasteiger partial charge < -0.3 is 9.72 Å². The fourth-order valence-corrected chi connectivity index (χ4v) is 2.16. The van der Waals surface area contributed by atoms with Crippen LogP contribution in [0.15, 0.2) is 53.3 Å². The molecular formula is C16H14N2O2. The Morgan fingerprint density at radius 1 is 1.15 bits per heavy atom. The zero-order chi connectivity index (χ0) is 13.9. The fourth-order valence-electron chi connectivity index (χ4n) is 2.16. The normalized spacial score (nSPS) is 10.7. The van der Waals surface area contributed by atoms with Crippen LogP contribution in [0.2, 0.25) is 0 Å². The molecule has 0 amide bonds. The van der Waals surface area contributed by atoms with E-state index in [0.29, 0.717) is 12.1 Å². The Morgan fingerprint density at radius 3 is 2.85 bits per heavy atom. The quantitative estimate of drug-likeness (QED) is 0.792. The average molecular weight is 266 g/mol. The number of rotatable bonds is 3. The summed E-state index contributed by atoms with van der Waals surface area (Å²) in [6.45, 7) is 0. The number of aromatic nitrogens is 2. The number of ether oxygens (including phenoxy) is 1. The molecule has 3 rings (SSSR count). The third-order valence-electron chi connectivity index (χ3n) is 3.18. The molecule has 0 unspecified atom stereocenters. The molecule has 0 aliphatic carbocycles. The monoisotopic (exact) mass is 266 g/mol.